The highest BCUT2D eigenvalue weighted by atomic mass is 16.2. The highest BCUT2D eigenvalue weighted by Crippen LogP contribution is 2.18. The van der Waals surface area contributed by atoms with Crippen LogP contribution in [0.5, 0.6) is 0 Å². The van der Waals surface area contributed by atoms with E-state index in [4.69, 9.17) is 0 Å². The van der Waals surface area contributed by atoms with Crippen LogP contribution in [-0.4, -0.2) is 19.1 Å². The third kappa shape index (κ3) is 5.87. The molecule has 0 amide bonds. The number of aryl methyl sites for hydroxylation is 3. The first kappa shape index (κ1) is 22.8. The zero-order chi connectivity index (χ0) is 22.2. The molecule has 0 aliphatic carbocycles. The zero-order valence-corrected chi connectivity index (χ0v) is 19.0. The van der Waals surface area contributed by atoms with Crippen LogP contribution < -0.4 is 16.6 Å². The molecule has 0 saturated heterocycles. The van der Waals surface area contributed by atoms with Crippen molar-refractivity contribution in [1.82, 2.24) is 19.1 Å². The maximum absolute atomic E-state index is 12.6. The normalized spacial score (nSPS) is 11.3. The second kappa shape index (κ2) is 11.0. The van der Waals surface area contributed by atoms with Crippen molar-refractivity contribution in [3.8, 4) is 0 Å². The van der Waals surface area contributed by atoms with Crippen LogP contribution in [0.3, 0.4) is 0 Å². The van der Waals surface area contributed by atoms with Crippen LogP contribution in [0.4, 0.5) is 5.95 Å². The Morgan fingerprint density at radius 3 is 2.29 bits per heavy atom. The van der Waals surface area contributed by atoms with Crippen LogP contribution >= 0.6 is 0 Å². The number of aromatic amines is 1. The van der Waals surface area contributed by atoms with E-state index in [1.165, 1.54) is 48.7 Å². The third-order valence-corrected chi connectivity index (χ3v) is 5.81. The molecule has 0 aliphatic heterocycles. The van der Waals surface area contributed by atoms with Crippen molar-refractivity contribution in [2.75, 3.05) is 5.32 Å². The van der Waals surface area contributed by atoms with Crippen molar-refractivity contribution in [3.63, 3.8) is 0 Å². The third-order valence-electron chi connectivity index (χ3n) is 5.81. The van der Waals surface area contributed by atoms with E-state index in [-0.39, 0.29) is 5.56 Å². The highest BCUT2D eigenvalue weighted by molar-refractivity contribution is 5.74. The molecule has 1 aromatic carbocycles. The minimum atomic E-state index is -0.445. The molecule has 2 heterocycles. The summed E-state index contributed by atoms with van der Waals surface area (Å²) in [7, 11) is 1.64. The molecule has 7 heteroatoms. The molecule has 31 heavy (non-hydrogen) atoms. The average Bonchev–Trinajstić information content (AvgIpc) is 3.13. The van der Waals surface area contributed by atoms with Crippen LogP contribution in [0.2, 0.25) is 0 Å². The smallest absolute Gasteiger partial charge is 0.329 e. The number of unbranched alkanes of at least 4 members (excludes halogenated alkanes) is 7. The molecule has 168 valence electrons. The maximum Gasteiger partial charge on any atom is 0.329 e. The molecule has 0 bridgehead atoms. The SMILES string of the molecule is CCCCCCCCCCn1c(NCc2ccc(C)cc2)nc2c1c(=O)[nH]c(=O)n2C. The fourth-order valence-electron chi connectivity index (χ4n) is 3.88. The van der Waals surface area contributed by atoms with Crippen molar-refractivity contribution in [1.29, 1.82) is 0 Å². The molecule has 0 fully saturated rings. The summed E-state index contributed by atoms with van der Waals surface area (Å²) in [6, 6.07) is 8.32. The lowest BCUT2D eigenvalue weighted by molar-refractivity contribution is 0.549. The number of nitrogens with one attached hydrogen (secondary N) is 2. The van der Waals surface area contributed by atoms with Gasteiger partial charge in [-0.2, -0.15) is 4.98 Å². The van der Waals surface area contributed by atoms with Gasteiger partial charge in [-0.05, 0) is 18.9 Å². The molecule has 2 N–H and O–H groups in total. The molecule has 3 aromatic rings. The van der Waals surface area contributed by atoms with Gasteiger partial charge in [-0.25, -0.2) is 4.79 Å². The summed E-state index contributed by atoms with van der Waals surface area (Å²) in [5, 5.41) is 3.37. The Balaban J connectivity index is 1.74. The molecule has 3 rings (SSSR count). The van der Waals surface area contributed by atoms with E-state index in [1.54, 1.807) is 7.05 Å². The van der Waals surface area contributed by atoms with Gasteiger partial charge in [0.1, 0.15) is 0 Å². The quantitative estimate of drug-likeness (QED) is 0.419. The van der Waals surface area contributed by atoms with Gasteiger partial charge in [-0.3, -0.25) is 14.3 Å². The van der Waals surface area contributed by atoms with Gasteiger partial charge in [0.15, 0.2) is 11.2 Å². The summed E-state index contributed by atoms with van der Waals surface area (Å²) in [4.78, 5) is 31.6. The molecular weight excluding hydrogens is 390 g/mol. The van der Waals surface area contributed by atoms with Crippen molar-refractivity contribution < 1.29 is 0 Å². The summed E-state index contributed by atoms with van der Waals surface area (Å²) in [6.45, 7) is 5.60. The second-order valence-electron chi connectivity index (χ2n) is 8.39. The van der Waals surface area contributed by atoms with Gasteiger partial charge in [0.05, 0.1) is 0 Å². The zero-order valence-electron chi connectivity index (χ0n) is 19.0. The lowest BCUT2D eigenvalue weighted by Gasteiger charge is -2.11. The van der Waals surface area contributed by atoms with Crippen LogP contribution in [0.25, 0.3) is 11.2 Å². The van der Waals surface area contributed by atoms with Gasteiger partial charge in [-0.1, -0.05) is 81.7 Å². The van der Waals surface area contributed by atoms with E-state index < -0.39 is 5.69 Å². The standard InChI is InChI=1S/C24H35N5O2/c1-4-5-6-7-8-9-10-11-16-29-20-21(28(3)24(31)27-22(20)30)26-23(29)25-17-19-14-12-18(2)13-15-19/h12-15H,4-11,16-17H2,1-3H3,(H,25,26)(H,27,30,31). The lowest BCUT2D eigenvalue weighted by atomic mass is 10.1. The summed E-state index contributed by atoms with van der Waals surface area (Å²) in [6.07, 6.45) is 9.76. The first-order valence-corrected chi connectivity index (χ1v) is 11.5. The highest BCUT2D eigenvalue weighted by Gasteiger charge is 2.17. The largest absolute Gasteiger partial charge is 0.352 e. The molecular formula is C24H35N5O2. The van der Waals surface area contributed by atoms with Gasteiger partial charge in [0.2, 0.25) is 5.95 Å². The van der Waals surface area contributed by atoms with E-state index in [9.17, 15) is 9.59 Å². The summed E-state index contributed by atoms with van der Waals surface area (Å²) in [5.74, 6) is 0.630. The minimum Gasteiger partial charge on any atom is -0.352 e. The van der Waals surface area contributed by atoms with Gasteiger partial charge >= 0.3 is 5.69 Å². The van der Waals surface area contributed by atoms with Crippen LogP contribution in [-0.2, 0) is 20.1 Å². The van der Waals surface area contributed by atoms with E-state index in [2.05, 4.69) is 53.4 Å². The van der Waals surface area contributed by atoms with Gasteiger partial charge in [-0.15, -0.1) is 0 Å². The Labute approximate surface area is 183 Å². The Morgan fingerprint density at radius 2 is 1.61 bits per heavy atom. The number of nitrogens with zero attached hydrogens (tertiary/aromatic N) is 3. The van der Waals surface area contributed by atoms with Gasteiger partial charge in [0, 0.05) is 20.1 Å². The summed E-state index contributed by atoms with van der Waals surface area (Å²) >= 11 is 0. The van der Waals surface area contributed by atoms with Crippen LogP contribution in [0, 0.1) is 6.92 Å². The predicted octanol–water partition coefficient (Wildman–Crippen LogP) is 4.48. The first-order valence-electron chi connectivity index (χ1n) is 11.5. The molecule has 0 aliphatic rings. The predicted molar refractivity (Wildman–Crippen MR) is 127 cm³/mol. The monoisotopic (exact) mass is 425 g/mol. The van der Waals surface area contributed by atoms with Gasteiger partial charge < -0.3 is 9.88 Å². The van der Waals surface area contributed by atoms with E-state index in [0.29, 0.717) is 30.2 Å². The molecule has 2 aromatic heterocycles. The number of benzene rings is 1. The Hall–Kier alpha value is -2.83. The molecule has 0 radical (unpaired) electrons. The maximum atomic E-state index is 12.6. The molecule has 0 saturated carbocycles. The second-order valence-corrected chi connectivity index (χ2v) is 8.39. The van der Waals surface area contributed by atoms with Crippen molar-refractivity contribution in [2.24, 2.45) is 7.05 Å². The number of hydrogen-bond donors (Lipinski definition) is 2. The minimum absolute atomic E-state index is 0.381. The van der Waals surface area contributed by atoms with Crippen LogP contribution in [0.1, 0.15) is 69.4 Å². The van der Waals surface area contributed by atoms with E-state index in [0.717, 1.165) is 18.4 Å². The number of rotatable bonds is 12. The van der Waals surface area contributed by atoms with Crippen molar-refractivity contribution in [3.05, 3.63) is 56.2 Å². The number of imidazole rings is 1. The molecule has 0 spiro atoms. The summed E-state index contributed by atoms with van der Waals surface area (Å²) < 4.78 is 3.33. The number of fused-ring (bicyclic) bond motifs is 1. The van der Waals surface area contributed by atoms with Crippen LogP contribution in [0.15, 0.2) is 33.9 Å². The van der Waals surface area contributed by atoms with Crippen molar-refractivity contribution >= 4 is 17.1 Å². The Morgan fingerprint density at radius 1 is 0.968 bits per heavy atom. The number of hydrogen-bond acceptors (Lipinski definition) is 4. The first-order chi connectivity index (χ1) is 15.0. The summed E-state index contributed by atoms with van der Waals surface area (Å²) in [5.41, 5.74) is 2.40. The number of aromatic nitrogens is 4. The van der Waals surface area contributed by atoms with Gasteiger partial charge in [0.25, 0.3) is 5.56 Å². The van der Waals surface area contributed by atoms with E-state index >= 15 is 0 Å². The number of anilines is 1. The van der Waals surface area contributed by atoms with E-state index in [1.807, 2.05) is 4.57 Å². The Bertz CT molecular complexity index is 1090. The fraction of sp³-hybridized carbons (Fsp3) is 0.542. The number of H-pyrrole nitrogens is 1. The molecule has 0 atom stereocenters. The van der Waals surface area contributed by atoms with Crippen molar-refractivity contribution in [2.45, 2.75) is 78.3 Å². The topological polar surface area (TPSA) is 84.7 Å². The Kier molecular flexibility index (Phi) is 8.09. The molecule has 7 nitrogen and oxygen atoms in total. The average molecular weight is 426 g/mol. The lowest BCUT2D eigenvalue weighted by Crippen LogP contribution is -2.29. The molecule has 0 unspecified atom stereocenters. The fourth-order valence-corrected chi connectivity index (χ4v) is 3.88.